The Kier molecular flexibility index (Phi) is 5.77. The van der Waals surface area contributed by atoms with Crippen LogP contribution in [0.5, 0.6) is 5.75 Å². The van der Waals surface area contributed by atoms with Crippen molar-refractivity contribution in [3.05, 3.63) is 82.9 Å². The molecule has 9 nitrogen and oxygen atoms in total. The number of imidazole rings is 1. The number of nitrogens with one attached hydrogen (secondary N) is 2. The van der Waals surface area contributed by atoms with Crippen molar-refractivity contribution >= 4 is 40.4 Å². The number of carbonyl (C=O) groups is 3. The van der Waals surface area contributed by atoms with E-state index in [4.69, 9.17) is 9.47 Å². The summed E-state index contributed by atoms with van der Waals surface area (Å²) in [6.07, 6.45) is 0. The number of phenols is 1. The fourth-order valence-corrected chi connectivity index (χ4v) is 3.40. The molecule has 33 heavy (non-hydrogen) atoms. The summed E-state index contributed by atoms with van der Waals surface area (Å²) in [5.41, 5.74) is 1.31. The van der Waals surface area contributed by atoms with Gasteiger partial charge in [0, 0.05) is 5.56 Å². The smallest absolute Gasteiger partial charge is 0.340 e. The van der Waals surface area contributed by atoms with Crippen LogP contribution >= 0.6 is 0 Å². The first-order chi connectivity index (χ1) is 15.9. The molecule has 0 spiro atoms. The van der Waals surface area contributed by atoms with Gasteiger partial charge in [-0.05, 0) is 36.4 Å². The van der Waals surface area contributed by atoms with E-state index in [9.17, 15) is 19.5 Å². The first kappa shape index (κ1) is 21.6. The summed E-state index contributed by atoms with van der Waals surface area (Å²) in [5.74, 6) is -2.12. The predicted octanol–water partition coefficient (Wildman–Crippen LogP) is 3.82. The average molecular weight is 445 g/mol. The molecule has 0 aliphatic heterocycles. The lowest BCUT2D eigenvalue weighted by molar-refractivity contribution is 0.0601. The molecule has 0 saturated heterocycles. The Bertz CT molecular complexity index is 1320. The Hall–Kier alpha value is -4.66. The van der Waals surface area contributed by atoms with E-state index in [-0.39, 0.29) is 39.6 Å². The zero-order chi connectivity index (χ0) is 23.5. The van der Waals surface area contributed by atoms with Crippen LogP contribution in [0.4, 0.5) is 11.6 Å². The number of H-pyrrole nitrogens is 1. The molecule has 4 rings (SSSR count). The number of fused-ring (bicyclic) bond motifs is 1. The van der Waals surface area contributed by atoms with Crippen molar-refractivity contribution in [2.45, 2.75) is 0 Å². The van der Waals surface area contributed by atoms with Crippen LogP contribution in [-0.2, 0) is 9.47 Å². The van der Waals surface area contributed by atoms with E-state index in [1.165, 1.54) is 38.5 Å². The molecule has 9 heteroatoms. The molecule has 0 amide bonds. The molecule has 0 aliphatic rings. The van der Waals surface area contributed by atoms with E-state index in [1.807, 2.05) is 18.2 Å². The van der Waals surface area contributed by atoms with Crippen molar-refractivity contribution < 1.29 is 29.0 Å². The van der Waals surface area contributed by atoms with Gasteiger partial charge in [-0.15, -0.1) is 0 Å². The Morgan fingerprint density at radius 1 is 0.879 bits per heavy atom. The zero-order valence-electron chi connectivity index (χ0n) is 17.7. The van der Waals surface area contributed by atoms with Gasteiger partial charge in [-0.25, -0.2) is 14.6 Å². The molecule has 166 valence electrons. The van der Waals surface area contributed by atoms with E-state index in [0.717, 1.165) is 5.52 Å². The maximum absolute atomic E-state index is 13.1. The molecule has 1 heterocycles. The SMILES string of the molecule is COC(=O)c1cc(C(=O)c2ccccc2O)cc(C(=O)OC)c1Nc1nc2ccccc2[nH]1. The maximum Gasteiger partial charge on any atom is 0.340 e. The van der Waals surface area contributed by atoms with Crippen molar-refractivity contribution in [3.63, 3.8) is 0 Å². The largest absolute Gasteiger partial charge is 0.507 e. The minimum atomic E-state index is -0.786. The molecule has 0 aliphatic carbocycles. The summed E-state index contributed by atoms with van der Waals surface area (Å²) in [5, 5.41) is 13.0. The van der Waals surface area contributed by atoms with Gasteiger partial charge in [0.15, 0.2) is 5.78 Å². The summed E-state index contributed by atoms with van der Waals surface area (Å²) in [4.78, 5) is 45.8. The second-order valence-electron chi connectivity index (χ2n) is 7.00. The molecule has 0 radical (unpaired) electrons. The third-order valence-corrected chi connectivity index (χ3v) is 4.99. The molecule has 0 bridgehead atoms. The molecule has 4 aromatic rings. The van der Waals surface area contributed by atoms with Crippen LogP contribution < -0.4 is 5.32 Å². The van der Waals surface area contributed by atoms with Crippen LogP contribution in [0.1, 0.15) is 36.6 Å². The number of hydrogen-bond donors (Lipinski definition) is 3. The highest BCUT2D eigenvalue weighted by atomic mass is 16.5. The van der Waals surface area contributed by atoms with Crippen molar-refractivity contribution in [2.75, 3.05) is 19.5 Å². The van der Waals surface area contributed by atoms with Crippen molar-refractivity contribution in [1.29, 1.82) is 0 Å². The number of aromatic amines is 1. The van der Waals surface area contributed by atoms with E-state index in [0.29, 0.717) is 5.52 Å². The number of benzene rings is 3. The molecule has 1 aromatic heterocycles. The number of esters is 2. The number of ketones is 1. The quantitative estimate of drug-likeness (QED) is 0.302. The Labute approximate surface area is 188 Å². The second kappa shape index (κ2) is 8.83. The molecule has 0 unspecified atom stereocenters. The lowest BCUT2D eigenvalue weighted by Gasteiger charge is -2.15. The highest BCUT2D eigenvalue weighted by molar-refractivity contribution is 6.15. The molecule has 0 saturated carbocycles. The summed E-state index contributed by atoms with van der Waals surface area (Å²) in [7, 11) is 2.37. The number of ether oxygens (including phenoxy) is 2. The number of nitrogens with zero attached hydrogens (tertiary/aromatic N) is 1. The minimum Gasteiger partial charge on any atom is -0.507 e. The standard InChI is InChI=1S/C24H19N3O6/c1-32-22(30)15-11-13(21(29)14-7-3-6-10-19(14)28)12-16(23(31)33-2)20(15)27-24-25-17-8-4-5-9-18(17)26-24/h3-12,28H,1-2H3,(H2,25,26,27). The van der Waals surface area contributed by atoms with Crippen molar-refractivity contribution in [2.24, 2.45) is 0 Å². The fourth-order valence-electron chi connectivity index (χ4n) is 3.40. The van der Waals surface area contributed by atoms with Crippen LogP contribution in [-0.4, -0.2) is 47.0 Å². The Morgan fingerprint density at radius 2 is 1.48 bits per heavy atom. The fraction of sp³-hybridized carbons (Fsp3) is 0.0833. The zero-order valence-corrected chi connectivity index (χ0v) is 17.7. The number of methoxy groups -OCH3 is 2. The van der Waals surface area contributed by atoms with E-state index in [1.54, 1.807) is 18.2 Å². The van der Waals surface area contributed by atoms with Gasteiger partial charge < -0.3 is 24.9 Å². The van der Waals surface area contributed by atoms with E-state index >= 15 is 0 Å². The molecular formula is C24H19N3O6. The van der Waals surface area contributed by atoms with E-state index < -0.39 is 17.7 Å². The van der Waals surface area contributed by atoms with Crippen molar-refractivity contribution in [1.82, 2.24) is 9.97 Å². The van der Waals surface area contributed by atoms with Gasteiger partial charge >= 0.3 is 11.9 Å². The van der Waals surface area contributed by atoms with Crippen molar-refractivity contribution in [3.8, 4) is 5.75 Å². The molecular weight excluding hydrogens is 426 g/mol. The Morgan fingerprint density at radius 3 is 2.09 bits per heavy atom. The number of aromatic nitrogens is 2. The maximum atomic E-state index is 13.1. The normalized spacial score (nSPS) is 10.6. The number of rotatable bonds is 6. The predicted molar refractivity (Wildman–Crippen MR) is 120 cm³/mol. The van der Waals surface area contributed by atoms with Gasteiger partial charge in [-0.1, -0.05) is 24.3 Å². The lowest BCUT2D eigenvalue weighted by atomic mass is 9.96. The molecule has 3 aromatic carbocycles. The number of para-hydroxylation sites is 3. The monoisotopic (exact) mass is 445 g/mol. The minimum absolute atomic E-state index is 0.00699. The van der Waals surface area contributed by atoms with Crippen LogP contribution in [0.25, 0.3) is 11.0 Å². The number of hydrogen-bond acceptors (Lipinski definition) is 8. The Balaban J connectivity index is 1.88. The third-order valence-electron chi connectivity index (χ3n) is 4.99. The van der Waals surface area contributed by atoms with Crippen LogP contribution in [0.3, 0.4) is 0 Å². The summed E-state index contributed by atoms with van der Waals surface area (Å²) < 4.78 is 9.77. The summed E-state index contributed by atoms with van der Waals surface area (Å²) in [6.45, 7) is 0. The van der Waals surface area contributed by atoms with Gasteiger partial charge in [-0.3, -0.25) is 4.79 Å². The van der Waals surface area contributed by atoms with Crippen LogP contribution in [0, 0.1) is 0 Å². The molecule has 0 fully saturated rings. The topological polar surface area (TPSA) is 131 Å². The van der Waals surface area contributed by atoms with E-state index in [2.05, 4.69) is 15.3 Å². The first-order valence-electron chi connectivity index (χ1n) is 9.82. The van der Waals surface area contributed by atoms with Crippen LogP contribution in [0.15, 0.2) is 60.7 Å². The summed E-state index contributed by atoms with van der Waals surface area (Å²) >= 11 is 0. The van der Waals surface area contributed by atoms with Gasteiger partial charge in [0.1, 0.15) is 5.75 Å². The second-order valence-corrected chi connectivity index (χ2v) is 7.00. The van der Waals surface area contributed by atoms with Crippen LogP contribution in [0.2, 0.25) is 0 Å². The molecule has 3 N–H and O–H groups in total. The van der Waals surface area contributed by atoms with Gasteiger partial charge in [0.05, 0.1) is 47.6 Å². The number of carbonyl (C=O) groups excluding carboxylic acids is 3. The first-order valence-corrected chi connectivity index (χ1v) is 9.82. The average Bonchev–Trinajstić information content (AvgIpc) is 3.25. The highest BCUT2D eigenvalue weighted by Crippen LogP contribution is 2.30. The van der Waals surface area contributed by atoms with Gasteiger partial charge in [0.2, 0.25) is 5.95 Å². The number of phenolic OH excluding ortho intramolecular Hbond substituents is 1. The van der Waals surface area contributed by atoms with Gasteiger partial charge in [-0.2, -0.15) is 0 Å². The number of aromatic hydroxyl groups is 1. The summed E-state index contributed by atoms with van der Waals surface area (Å²) in [6, 6.07) is 15.8. The van der Waals surface area contributed by atoms with Gasteiger partial charge in [0.25, 0.3) is 0 Å². The number of anilines is 2. The lowest BCUT2D eigenvalue weighted by Crippen LogP contribution is -2.15. The third kappa shape index (κ3) is 4.11. The molecule has 0 atom stereocenters. The highest BCUT2D eigenvalue weighted by Gasteiger charge is 2.26.